The molecule has 0 bridgehead atoms. The highest BCUT2D eigenvalue weighted by Crippen LogP contribution is 2.30. The molecule has 0 unspecified atom stereocenters. The van der Waals surface area contributed by atoms with Crippen molar-refractivity contribution in [3.05, 3.63) is 54.1 Å². The summed E-state index contributed by atoms with van der Waals surface area (Å²) in [6.07, 6.45) is -4.55. The summed E-state index contributed by atoms with van der Waals surface area (Å²) in [5, 5.41) is 2.27. The van der Waals surface area contributed by atoms with Gasteiger partial charge in [-0.25, -0.2) is 8.42 Å². The zero-order valence-electron chi connectivity index (χ0n) is 15.1. The Labute approximate surface area is 160 Å². The van der Waals surface area contributed by atoms with Crippen molar-refractivity contribution >= 4 is 21.6 Å². The minimum Gasteiger partial charge on any atom is -0.494 e. The number of nitrogens with one attached hydrogen (secondary N) is 2. The van der Waals surface area contributed by atoms with E-state index in [4.69, 9.17) is 4.74 Å². The van der Waals surface area contributed by atoms with E-state index < -0.39 is 33.7 Å². The van der Waals surface area contributed by atoms with E-state index in [0.717, 1.165) is 18.2 Å². The van der Waals surface area contributed by atoms with Gasteiger partial charge in [0.2, 0.25) is 15.9 Å². The van der Waals surface area contributed by atoms with Gasteiger partial charge in [-0.05, 0) is 56.3 Å². The van der Waals surface area contributed by atoms with Crippen LogP contribution in [0.15, 0.2) is 53.4 Å². The van der Waals surface area contributed by atoms with Gasteiger partial charge in [0, 0.05) is 5.69 Å². The molecule has 2 aromatic carbocycles. The first-order valence-electron chi connectivity index (χ1n) is 8.26. The van der Waals surface area contributed by atoms with E-state index in [1.165, 1.54) is 37.3 Å². The molecule has 1 atom stereocenters. The van der Waals surface area contributed by atoms with Crippen LogP contribution in [-0.2, 0) is 21.0 Å². The van der Waals surface area contributed by atoms with Crippen LogP contribution < -0.4 is 14.8 Å². The monoisotopic (exact) mass is 416 g/mol. The van der Waals surface area contributed by atoms with Gasteiger partial charge in [-0.3, -0.25) is 4.79 Å². The fraction of sp³-hybridized carbons (Fsp3) is 0.278. The number of carbonyl (C=O) groups is 1. The predicted octanol–water partition coefficient (Wildman–Crippen LogP) is 3.41. The van der Waals surface area contributed by atoms with Crippen molar-refractivity contribution in [1.82, 2.24) is 4.72 Å². The maximum atomic E-state index is 12.7. The molecule has 2 rings (SSSR count). The van der Waals surface area contributed by atoms with Crippen LogP contribution in [0.25, 0.3) is 0 Å². The van der Waals surface area contributed by atoms with Crippen LogP contribution in [0.3, 0.4) is 0 Å². The average molecular weight is 416 g/mol. The van der Waals surface area contributed by atoms with Crippen molar-refractivity contribution in [1.29, 1.82) is 0 Å². The zero-order valence-corrected chi connectivity index (χ0v) is 15.9. The second-order valence-corrected chi connectivity index (χ2v) is 7.53. The summed E-state index contributed by atoms with van der Waals surface area (Å²) in [5.74, 6) is -0.300. The largest absolute Gasteiger partial charge is 0.494 e. The number of rotatable bonds is 7. The Bertz CT molecular complexity index is 929. The van der Waals surface area contributed by atoms with Gasteiger partial charge in [-0.15, -0.1) is 0 Å². The van der Waals surface area contributed by atoms with Gasteiger partial charge in [-0.2, -0.15) is 17.9 Å². The molecule has 1 amide bonds. The third-order valence-corrected chi connectivity index (χ3v) is 5.18. The van der Waals surface area contributed by atoms with Crippen LogP contribution in [0, 0.1) is 0 Å². The molecule has 0 aliphatic heterocycles. The van der Waals surface area contributed by atoms with Crippen LogP contribution in [0.5, 0.6) is 5.75 Å². The number of benzene rings is 2. The summed E-state index contributed by atoms with van der Waals surface area (Å²) in [4.78, 5) is 12.1. The summed E-state index contributed by atoms with van der Waals surface area (Å²) in [7, 11) is -4.01. The summed E-state index contributed by atoms with van der Waals surface area (Å²) >= 11 is 0. The van der Waals surface area contributed by atoms with Crippen molar-refractivity contribution in [2.45, 2.75) is 31.0 Å². The van der Waals surface area contributed by atoms with Crippen molar-refractivity contribution < 1.29 is 31.1 Å². The number of anilines is 1. The number of halogens is 3. The summed E-state index contributed by atoms with van der Waals surface area (Å²) in [6.45, 7) is 3.50. The Kier molecular flexibility index (Phi) is 6.68. The third-order valence-electron chi connectivity index (χ3n) is 3.63. The van der Waals surface area contributed by atoms with Crippen molar-refractivity contribution in [2.24, 2.45) is 0 Å². The van der Waals surface area contributed by atoms with Gasteiger partial charge in [-0.1, -0.05) is 6.07 Å². The van der Waals surface area contributed by atoms with E-state index in [2.05, 4.69) is 10.0 Å². The molecule has 0 aliphatic rings. The van der Waals surface area contributed by atoms with Crippen LogP contribution >= 0.6 is 0 Å². The first-order valence-corrected chi connectivity index (χ1v) is 9.74. The van der Waals surface area contributed by atoms with E-state index in [1.807, 2.05) is 0 Å². The summed E-state index contributed by atoms with van der Waals surface area (Å²) < 4.78 is 70.4. The van der Waals surface area contributed by atoms with Gasteiger partial charge in [0.05, 0.1) is 23.1 Å². The highest BCUT2D eigenvalue weighted by atomic mass is 32.2. The van der Waals surface area contributed by atoms with E-state index >= 15 is 0 Å². The van der Waals surface area contributed by atoms with Gasteiger partial charge >= 0.3 is 6.18 Å². The molecule has 10 heteroatoms. The van der Waals surface area contributed by atoms with Crippen LogP contribution in [-0.4, -0.2) is 27.0 Å². The predicted molar refractivity (Wildman–Crippen MR) is 97.5 cm³/mol. The number of alkyl halides is 3. The number of amides is 1. The highest BCUT2D eigenvalue weighted by molar-refractivity contribution is 7.89. The average Bonchev–Trinajstić information content (AvgIpc) is 2.61. The lowest BCUT2D eigenvalue weighted by Crippen LogP contribution is -2.41. The molecule has 0 fully saturated rings. The fourth-order valence-electron chi connectivity index (χ4n) is 2.26. The number of hydrogen-bond donors (Lipinski definition) is 2. The zero-order chi connectivity index (χ0) is 20.9. The van der Waals surface area contributed by atoms with Crippen LogP contribution in [0.4, 0.5) is 18.9 Å². The second kappa shape index (κ2) is 8.61. The third kappa shape index (κ3) is 5.70. The number of carbonyl (C=O) groups excluding carboxylic acids is 1. The van der Waals surface area contributed by atoms with Gasteiger partial charge in [0.25, 0.3) is 0 Å². The quantitative estimate of drug-likeness (QED) is 0.725. The van der Waals surface area contributed by atoms with Crippen LogP contribution in [0.2, 0.25) is 0 Å². The van der Waals surface area contributed by atoms with Gasteiger partial charge in [0.15, 0.2) is 0 Å². The first-order chi connectivity index (χ1) is 13.0. The standard InChI is InChI=1S/C18H19F3N2O4S/c1-3-27-15-7-9-16(10-8-15)28(25,26)23-12(2)17(24)22-14-6-4-5-13(11-14)18(19,20)21/h4-12,23H,3H2,1-2H3,(H,22,24)/t12-/m1/s1. The minimum absolute atomic E-state index is 0.0744. The Morgan fingerprint density at radius 1 is 1.14 bits per heavy atom. The summed E-state index contributed by atoms with van der Waals surface area (Å²) in [5.41, 5.74) is -1.01. The Balaban J connectivity index is 2.07. The van der Waals surface area contributed by atoms with E-state index in [0.29, 0.717) is 12.4 Å². The van der Waals surface area contributed by atoms with Crippen LogP contribution in [0.1, 0.15) is 19.4 Å². The van der Waals surface area contributed by atoms with Crippen molar-refractivity contribution in [3.63, 3.8) is 0 Å². The first kappa shape index (κ1) is 21.7. The van der Waals surface area contributed by atoms with E-state index in [-0.39, 0.29) is 10.6 Å². The minimum atomic E-state index is -4.55. The lowest BCUT2D eigenvalue weighted by atomic mass is 10.2. The molecule has 0 heterocycles. The maximum absolute atomic E-state index is 12.7. The smallest absolute Gasteiger partial charge is 0.416 e. The highest BCUT2D eigenvalue weighted by Gasteiger charge is 2.30. The molecular formula is C18H19F3N2O4S. The Morgan fingerprint density at radius 2 is 1.79 bits per heavy atom. The SMILES string of the molecule is CCOc1ccc(S(=O)(=O)N[C@H](C)C(=O)Nc2cccc(C(F)(F)F)c2)cc1. The molecular weight excluding hydrogens is 397 g/mol. The number of hydrogen-bond acceptors (Lipinski definition) is 4. The molecule has 2 N–H and O–H groups in total. The Morgan fingerprint density at radius 3 is 2.36 bits per heavy atom. The molecule has 0 radical (unpaired) electrons. The van der Waals surface area contributed by atoms with Crippen molar-refractivity contribution in [3.8, 4) is 5.75 Å². The van der Waals surface area contributed by atoms with E-state index in [1.54, 1.807) is 6.92 Å². The fourth-order valence-corrected chi connectivity index (χ4v) is 3.46. The van der Waals surface area contributed by atoms with Gasteiger partial charge in [0.1, 0.15) is 5.75 Å². The maximum Gasteiger partial charge on any atom is 0.416 e. The molecule has 152 valence electrons. The van der Waals surface area contributed by atoms with Gasteiger partial charge < -0.3 is 10.1 Å². The molecule has 2 aromatic rings. The molecule has 0 aliphatic carbocycles. The Hall–Kier alpha value is -2.59. The summed E-state index contributed by atoms with van der Waals surface area (Å²) in [6, 6.07) is 8.45. The normalized spacial score (nSPS) is 13.0. The molecule has 0 saturated heterocycles. The topological polar surface area (TPSA) is 84.5 Å². The molecule has 28 heavy (non-hydrogen) atoms. The molecule has 0 aromatic heterocycles. The molecule has 0 spiro atoms. The van der Waals surface area contributed by atoms with E-state index in [9.17, 15) is 26.4 Å². The number of ether oxygens (including phenoxy) is 1. The number of sulfonamides is 1. The van der Waals surface area contributed by atoms with Crippen molar-refractivity contribution in [2.75, 3.05) is 11.9 Å². The lowest BCUT2D eigenvalue weighted by Gasteiger charge is -2.15. The molecule has 6 nitrogen and oxygen atoms in total. The lowest BCUT2D eigenvalue weighted by molar-refractivity contribution is -0.137. The molecule has 0 saturated carbocycles. The second-order valence-electron chi connectivity index (χ2n) is 5.82.